The second kappa shape index (κ2) is 10.7. The normalized spacial score (nSPS) is 18.0. The molecule has 2 aromatic carbocycles. The summed E-state index contributed by atoms with van der Waals surface area (Å²) in [7, 11) is 0. The summed E-state index contributed by atoms with van der Waals surface area (Å²) in [5.74, 6) is -0.723. The van der Waals surface area contributed by atoms with E-state index >= 15 is 0 Å². The Bertz CT molecular complexity index is 837. The van der Waals surface area contributed by atoms with Crippen LogP contribution in [0.2, 0.25) is 0 Å². The van der Waals surface area contributed by atoms with Gasteiger partial charge in [0.1, 0.15) is 6.61 Å². The van der Waals surface area contributed by atoms with E-state index < -0.39 is 12.0 Å². The number of rotatable bonds is 10. The highest BCUT2D eigenvalue weighted by Crippen LogP contribution is 2.26. The molecular weight excluding hydrogens is 378 g/mol. The maximum absolute atomic E-state index is 13.6. The lowest BCUT2D eigenvalue weighted by Crippen LogP contribution is -2.47. The third kappa shape index (κ3) is 5.36. The minimum absolute atomic E-state index is 0.210. The maximum atomic E-state index is 13.6. The van der Waals surface area contributed by atoms with E-state index in [1.165, 1.54) is 4.90 Å². The molecule has 0 radical (unpaired) electrons. The molecular formula is C25H29NO4. The highest BCUT2D eigenvalue weighted by atomic mass is 16.6. The Morgan fingerprint density at radius 2 is 1.80 bits per heavy atom. The van der Waals surface area contributed by atoms with E-state index in [2.05, 4.69) is 6.58 Å². The van der Waals surface area contributed by atoms with Crippen LogP contribution in [0.5, 0.6) is 0 Å². The molecule has 30 heavy (non-hydrogen) atoms. The van der Waals surface area contributed by atoms with E-state index in [-0.39, 0.29) is 24.7 Å². The zero-order valence-electron chi connectivity index (χ0n) is 17.4. The van der Waals surface area contributed by atoms with E-state index in [0.29, 0.717) is 25.9 Å². The van der Waals surface area contributed by atoms with E-state index in [4.69, 9.17) is 9.47 Å². The van der Waals surface area contributed by atoms with Gasteiger partial charge in [-0.3, -0.25) is 4.79 Å². The van der Waals surface area contributed by atoms with Crippen molar-refractivity contribution in [2.24, 2.45) is 5.92 Å². The van der Waals surface area contributed by atoms with Crippen molar-refractivity contribution in [1.82, 2.24) is 4.90 Å². The van der Waals surface area contributed by atoms with Crippen molar-refractivity contribution in [2.75, 3.05) is 13.2 Å². The van der Waals surface area contributed by atoms with Crippen molar-refractivity contribution in [3.05, 3.63) is 84.4 Å². The van der Waals surface area contributed by atoms with Gasteiger partial charge in [-0.25, -0.2) is 9.69 Å². The highest BCUT2D eigenvalue weighted by Gasteiger charge is 2.42. The van der Waals surface area contributed by atoms with E-state index in [9.17, 15) is 9.59 Å². The second-order valence-corrected chi connectivity index (χ2v) is 7.49. The summed E-state index contributed by atoms with van der Waals surface area (Å²) in [6.45, 7) is 6.26. The number of benzene rings is 2. The van der Waals surface area contributed by atoms with Crippen molar-refractivity contribution in [2.45, 2.75) is 38.3 Å². The quantitative estimate of drug-likeness (QED) is 0.547. The predicted molar refractivity (Wildman–Crippen MR) is 116 cm³/mol. The van der Waals surface area contributed by atoms with E-state index in [1.807, 2.05) is 67.6 Å². The molecule has 1 aliphatic heterocycles. The number of nitrogens with zero attached hydrogens (tertiary/aromatic N) is 1. The van der Waals surface area contributed by atoms with Crippen LogP contribution in [-0.4, -0.2) is 42.3 Å². The smallest absolute Gasteiger partial charge is 0.416 e. The van der Waals surface area contributed by atoms with Gasteiger partial charge in [0.15, 0.2) is 0 Å². The molecule has 0 saturated carbocycles. The van der Waals surface area contributed by atoms with Gasteiger partial charge in [-0.2, -0.15) is 0 Å². The van der Waals surface area contributed by atoms with Crippen molar-refractivity contribution >= 4 is 12.0 Å². The lowest BCUT2D eigenvalue weighted by atomic mass is 9.90. The number of carbonyl (C=O) groups is 2. The molecule has 1 fully saturated rings. The number of ether oxygens (including phenoxy) is 2. The van der Waals surface area contributed by atoms with Crippen LogP contribution in [0.1, 0.15) is 24.5 Å². The molecule has 0 unspecified atom stereocenters. The number of hydrogen-bond donors (Lipinski definition) is 0. The Balaban J connectivity index is 1.85. The summed E-state index contributed by atoms with van der Waals surface area (Å²) >= 11 is 0. The Morgan fingerprint density at radius 3 is 2.40 bits per heavy atom. The highest BCUT2D eigenvalue weighted by molar-refractivity contribution is 5.95. The third-order valence-electron chi connectivity index (χ3n) is 5.41. The molecule has 0 aliphatic carbocycles. The molecule has 3 rings (SSSR count). The molecule has 5 nitrogen and oxygen atoms in total. The number of carbonyl (C=O) groups excluding carboxylic acids is 2. The lowest BCUT2D eigenvalue weighted by molar-refractivity contribution is -0.138. The number of hydrogen-bond acceptors (Lipinski definition) is 4. The summed E-state index contributed by atoms with van der Waals surface area (Å²) in [5.41, 5.74) is 2.09. The lowest BCUT2D eigenvalue weighted by Gasteiger charge is -2.30. The first-order valence-corrected chi connectivity index (χ1v) is 10.4. The van der Waals surface area contributed by atoms with Crippen LogP contribution in [0.4, 0.5) is 4.79 Å². The number of amides is 2. The molecule has 1 saturated heterocycles. The molecule has 1 aliphatic rings. The molecule has 0 aromatic heterocycles. The minimum atomic E-state index is -0.572. The van der Waals surface area contributed by atoms with Crippen LogP contribution in [0.25, 0.3) is 0 Å². The average molecular weight is 408 g/mol. The van der Waals surface area contributed by atoms with Crippen molar-refractivity contribution in [3.63, 3.8) is 0 Å². The first-order chi connectivity index (χ1) is 14.6. The number of cyclic esters (lactones) is 1. The van der Waals surface area contributed by atoms with Gasteiger partial charge in [-0.15, -0.1) is 6.58 Å². The summed E-state index contributed by atoms with van der Waals surface area (Å²) in [4.78, 5) is 27.5. The fourth-order valence-electron chi connectivity index (χ4n) is 3.90. The van der Waals surface area contributed by atoms with Crippen molar-refractivity contribution in [3.8, 4) is 0 Å². The molecule has 5 heteroatoms. The van der Waals surface area contributed by atoms with Gasteiger partial charge in [0, 0.05) is 0 Å². The van der Waals surface area contributed by atoms with Crippen molar-refractivity contribution in [1.29, 1.82) is 0 Å². The van der Waals surface area contributed by atoms with Gasteiger partial charge < -0.3 is 9.47 Å². The number of imide groups is 1. The van der Waals surface area contributed by atoms with Crippen LogP contribution >= 0.6 is 0 Å². The summed E-state index contributed by atoms with van der Waals surface area (Å²) in [5, 5.41) is 0. The zero-order valence-corrected chi connectivity index (χ0v) is 17.4. The van der Waals surface area contributed by atoms with Gasteiger partial charge in [-0.05, 0) is 30.4 Å². The second-order valence-electron chi connectivity index (χ2n) is 7.49. The fraction of sp³-hybridized carbons (Fsp3) is 0.360. The van der Waals surface area contributed by atoms with Gasteiger partial charge in [0.25, 0.3) is 0 Å². The van der Waals surface area contributed by atoms with Gasteiger partial charge in [-0.1, -0.05) is 73.7 Å². The molecule has 0 N–H and O–H groups in total. The average Bonchev–Trinajstić information content (AvgIpc) is 3.14. The van der Waals surface area contributed by atoms with Crippen molar-refractivity contribution < 1.29 is 19.1 Å². The topological polar surface area (TPSA) is 55.8 Å². The largest absolute Gasteiger partial charge is 0.447 e. The van der Waals surface area contributed by atoms with Gasteiger partial charge in [0.05, 0.1) is 24.7 Å². The van der Waals surface area contributed by atoms with Gasteiger partial charge in [0.2, 0.25) is 5.91 Å². The summed E-state index contributed by atoms with van der Waals surface area (Å²) in [6, 6.07) is 19.3. The predicted octanol–water partition coefficient (Wildman–Crippen LogP) is 4.42. The van der Waals surface area contributed by atoms with E-state index in [0.717, 1.165) is 11.1 Å². The Kier molecular flexibility index (Phi) is 7.80. The molecule has 2 amide bonds. The van der Waals surface area contributed by atoms with Crippen LogP contribution < -0.4 is 0 Å². The molecule has 1 heterocycles. The Hall–Kier alpha value is -2.92. The van der Waals surface area contributed by atoms with Crippen LogP contribution in [-0.2, 0) is 27.1 Å². The molecule has 158 valence electrons. The van der Waals surface area contributed by atoms with E-state index in [1.54, 1.807) is 6.08 Å². The monoisotopic (exact) mass is 407 g/mol. The summed E-state index contributed by atoms with van der Waals surface area (Å²) < 4.78 is 11.2. The minimum Gasteiger partial charge on any atom is -0.447 e. The molecule has 3 atom stereocenters. The molecule has 0 bridgehead atoms. The third-order valence-corrected chi connectivity index (χ3v) is 5.41. The summed E-state index contributed by atoms with van der Waals surface area (Å²) in [6.07, 6.45) is 2.51. The maximum Gasteiger partial charge on any atom is 0.416 e. The fourth-order valence-corrected chi connectivity index (χ4v) is 3.90. The van der Waals surface area contributed by atoms with Crippen LogP contribution in [0, 0.1) is 5.92 Å². The zero-order chi connectivity index (χ0) is 21.3. The van der Waals surface area contributed by atoms with Crippen LogP contribution in [0.3, 0.4) is 0 Å². The first kappa shape index (κ1) is 21.8. The van der Waals surface area contributed by atoms with Crippen LogP contribution in [0.15, 0.2) is 73.3 Å². The molecule has 2 aromatic rings. The Labute approximate surface area is 178 Å². The SMILES string of the molecule is C=CCO[C@H](CC)[C@H](Cc1ccccc1)C(=O)N1C(=O)OC[C@@H]1Cc1ccccc1. The first-order valence-electron chi connectivity index (χ1n) is 10.4. The Morgan fingerprint density at radius 1 is 1.17 bits per heavy atom. The van der Waals surface area contributed by atoms with Gasteiger partial charge >= 0.3 is 6.09 Å². The molecule has 0 spiro atoms. The standard InChI is InChI=1S/C25H29NO4/c1-3-15-29-23(4-2)22(17-20-13-9-6-10-14-20)24(27)26-21(18-30-25(26)28)16-19-11-7-5-8-12-19/h3,5-14,21-23H,1,4,15-18H2,2H3/t21-,22-,23+/m0/s1.